The molecule has 1 saturated heterocycles. The first kappa shape index (κ1) is 15.0. The van der Waals surface area contributed by atoms with Crippen molar-refractivity contribution >= 4 is 5.82 Å². The van der Waals surface area contributed by atoms with Crippen LogP contribution in [0.4, 0.5) is 5.82 Å². The molecule has 0 spiro atoms. The molecule has 2 aromatic heterocycles. The molecule has 0 aromatic carbocycles. The Morgan fingerprint density at radius 1 is 1.36 bits per heavy atom. The summed E-state index contributed by atoms with van der Waals surface area (Å²) in [5.41, 5.74) is 2.03. The maximum absolute atomic E-state index is 4.81. The summed E-state index contributed by atoms with van der Waals surface area (Å²) in [4.78, 5) is 21.4. The fourth-order valence-electron chi connectivity index (χ4n) is 3.12. The van der Waals surface area contributed by atoms with Crippen LogP contribution in [-0.2, 0) is 12.1 Å². The quantitative estimate of drug-likeness (QED) is 0.937. The second-order valence-corrected chi connectivity index (χ2v) is 6.46. The minimum Gasteiger partial charge on any atom is -0.363 e. The number of anilines is 1. The van der Waals surface area contributed by atoms with Crippen molar-refractivity contribution in [2.45, 2.75) is 38.8 Å². The van der Waals surface area contributed by atoms with Gasteiger partial charge in [-0.1, -0.05) is 0 Å². The Hall–Kier alpha value is -1.95. The van der Waals surface area contributed by atoms with E-state index in [0.29, 0.717) is 0 Å². The molecule has 0 aliphatic carbocycles. The van der Waals surface area contributed by atoms with Crippen molar-refractivity contribution in [3.8, 4) is 0 Å². The molecule has 1 aliphatic heterocycles. The van der Waals surface area contributed by atoms with E-state index in [4.69, 9.17) is 9.97 Å². The van der Waals surface area contributed by atoms with Crippen LogP contribution in [0.1, 0.15) is 37.0 Å². The topological polar surface area (TPSA) is 60.9 Å². The molecule has 0 saturated carbocycles. The Morgan fingerprint density at radius 2 is 2.18 bits per heavy atom. The molecule has 3 rings (SSSR count). The molecule has 6 nitrogen and oxygen atoms in total. The Morgan fingerprint density at radius 3 is 2.86 bits per heavy atom. The van der Waals surface area contributed by atoms with Crippen LogP contribution < -0.4 is 4.90 Å². The predicted molar refractivity (Wildman–Crippen MR) is 86.7 cm³/mol. The number of aryl methyl sites for hydroxylation is 1. The van der Waals surface area contributed by atoms with Crippen LogP contribution in [0.2, 0.25) is 0 Å². The maximum atomic E-state index is 4.81. The number of likely N-dealkylation sites (tertiary alicyclic amines) is 1. The van der Waals surface area contributed by atoms with E-state index in [0.717, 1.165) is 42.5 Å². The van der Waals surface area contributed by atoms with Gasteiger partial charge in [0, 0.05) is 44.3 Å². The Balaban J connectivity index is 1.94. The van der Waals surface area contributed by atoms with Crippen LogP contribution in [0, 0.1) is 6.92 Å². The Kier molecular flexibility index (Phi) is 3.87. The molecule has 1 atom stereocenters. The van der Waals surface area contributed by atoms with Gasteiger partial charge >= 0.3 is 0 Å². The molecular weight excluding hydrogens is 276 g/mol. The molecule has 1 fully saturated rings. The van der Waals surface area contributed by atoms with Crippen LogP contribution in [0.15, 0.2) is 18.6 Å². The highest BCUT2D eigenvalue weighted by Crippen LogP contribution is 2.38. The van der Waals surface area contributed by atoms with E-state index in [1.165, 1.54) is 6.42 Å². The van der Waals surface area contributed by atoms with Gasteiger partial charge < -0.3 is 9.88 Å². The van der Waals surface area contributed by atoms with E-state index in [9.17, 15) is 0 Å². The average molecular weight is 300 g/mol. The third-order valence-corrected chi connectivity index (χ3v) is 4.49. The molecule has 1 N–H and O–H groups in total. The third-order valence-electron chi connectivity index (χ3n) is 4.49. The lowest BCUT2D eigenvalue weighted by atomic mass is 9.97. The lowest BCUT2D eigenvalue weighted by molar-refractivity contribution is 0.136. The van der Waals surface area contributed by atoms with Gasteiger partial charge in [-0.2, -0.15) is 0 Å². The minimum absolute atomic E-state index is 0.123. The Labute approximate surface area is 131 Å². The summed E-state index contributed by atoms with van der Waals surface area (Å²) in [6, 6.07) is 2.03. The highest BCUT2D eigenvalue weighted by molar-refractivity contribution is 5.38. The minimum atomic E-state index is -0.123. The lowest BCUT2D eigenvalue weighted by Crippen LogP contribution is -2.40. The maximum Gasteiger partial charge on any atom is 0.150 e. The Bertz CT molecular complexity index is 636. The molecule has 2 aromatic rings. The van der Waals surface area contributed by atoms with Gasteiger partial charge in [0.25, 0.3) is 0 Å². The molecule has 3 heterocycles. The number of rotatable bonds is 4. The molecule has 118 valence electrons. The zero-order valence-corrected chi connectivity index (χ0v) is 13.8. The molecular formula is C16H24N6. The third kappa shape index (κ3) is 2.70. The standard InChI is InChI=1S/C16H24N6/c1-12-8-14(21(3)4)20-15(19-12)16(2)6-5-7-22(16)10-13-9-17-11-18-13/h8-9,11H,5-7,10H2,1-4H3,(H,17,18)/t16-/m1/s1. The molecule has 0 bridgehead atoms. The smallest absolute Gasteiger partial charge is 0.150 e. The molecule has 0 unspecified atom stereocenters. The molecule has 6 heteroatoms. The summed E-state index contributed by atoms with van der Waals surface area (Å²) in [6.07, 6.45) is 5.87. The van der Waals surface area contributed by atoms with Crippen molar-refractivity contribution in [1.29, 1.82) is 0 Å². The predicted octanol–water partition coefficient (Wildman–Crippen LogP) is 2.09. The fourth-order valence-corrected chi connectivity index (χ4v) is 3.12. The molecule has 0 amide bonds. The van der Waals surface area contributed by atoms with Crippen molar-refractivity contribution in [2.24, 2.45) is 0 Å². The molecule has 1 aliphatic rings. The number of nitrogens with zero attached hydrogens (tertiary/aromatic N) is 5. The number of H-pyrrole nitrogens is 1. The van der Waals surface area contributed by atoms with Crippen molar-refractivity contribution in [3.05, 3.63) is 35.8 Å². The highest BCUT2D eigenvalue weighted by Gasteiger charge is 2.41. The van der Waals surface area contributed by atoms with Crippen LogP contribution in [0.5, 0.6) is 0 Å². The van der Waals surface area contributed by atoms with Gasteiger partial charge in [0.2, 0.25) is 0 Å². The van der Waals surface area contributed by atoms with Crippen molar-refractivity contribution in [2.75, 3.05) is 25.5 Å². The summed E-state index contributed by atoms with van der Waals surface area (Å²) in [5.74, 6) is 1.89. The number of hydrogen-bond acceptors (Lipinski definition) is 5. The zero-order chi connectivity index (χ0) is 15.7. The van der Waals surface area contributed by atoms with E-state index in [2.05, 4.69) is 21.8 Å². The average Bonchev–Trinajstić information content (AvgIpc) is 3.10. The molecule has 0 radical (unpaired) electrons. The van der Waals surface area contributed by atoms with E-state index >= 15 is 0 Å². The van der Waals surface area contributed by atoms with E-state index in [1.807, 2.05) is 38.2 Å². The van der Waals surface area contributed by atoms with E-state index in [-0.39, 0.29) is 5.54 Å². The normalized spacial score (nSPS) is 22.2. The number of aromatic nitrogens is 4. The number of aromatic amines is 1. The van der Waals surface area contributed by atoms with Gasteiger partial charge in [0.15, 0.2) is 5.82 Å². The SMILES string of the molecule is Cc1cc(N(C)C)nc([C@@]2(C)CCCN2Cc2cnc[nH]2)n1. The van der Waals surface area contributed by atoms with Crippen molar-refractivity contribution in [3.63, 3.8) is 0 Å². The monoisotopic (exact) mass is 300 g/mol. The van der Waals surface area contributed by atoms with Gasteiger partial charge in [0.05, 0.1) is 11.9 Å². The number of nitrogens with one attached hydrogen (secondary N) is 1. The van der Waals surface area contributed by atoms with Crippen LogP contribution >= 0.6 is 0 Å². The zero-order valence-electron chi connectivity index (χ0n) is 13.8. The summed E-state index contributed by atoms with van der Waals surface area (Å²) >= 11 is 0. The summed E-state index contributed by atoms with van der Waals surface area (Å²) in [6.45, 7) is 6.20. The summed E-state index contributed by atoms with van der Waals surface area (Å²) in [5, 5.41) is 0. The summed E-state index contributed by atoms with van der Waals surface area (Å²) < 4.78 is 0. The van der Waals surface area contributed by atoms with E-state index < -0.39 is 0 Å². The second-order valence-electron chi connectivity index (χ2n) is 6.46. The second kappa shape index (κ2) is 5.68. The van der Waals surface area contributed by atoms with Gasteiger partial charge in [-0.15, -0.1) is 0 Å². The number of hydrogen-bond donors (Lipinski definition) is 1. The summed E-state index contributed by atoms with van der Waals surface area (Å²) in [7, 11) is 4.04. The highest BCUT2D eigenvalue weighted by atomic mass is 15.3. The fraction of sp³-hybridized carbons (Fsp3) is 0.562. The first-order valence-corrected chi connectivity index (χ1v) is 7.75. The lowest BCUT2D eigenvalue weighted by Gasteiger charge is -2.34. The van der Waals surface area contributed by atoms with Crippen LogP contribution in [-0.4, -0.2) is 45.5 Å². The van der Waals surface area contributed by atoms with Gasteiger partial charge in [0.1, 0.15) is 5.82 Å². The van der Waals surface area contributed by atoms with Crippen molar-refractivity contribution in [1.82, 2.24) is 24.8 Å². The van der Waals surface area contributed by atoms with Crippen LogP contribution in [0.3, 0.4) is 0 Å². The van der Waals surface area contributed by atoms with Crippen molar-refractivity contribution < 1.29 is 0 Å². The first-order valence-electron chi connectivity index (χ1n) is 7.75. The number of imidazole rings is 1. The largest absolute Gasteiger partial charge is 0.363 e. The molecule has 22 heavy (non-hydrogen) atoms. The van der Waals surface area contributed by atoms with Gasteiger partial charge in [-0.3, -0.25) is 4.90 Å². The first-order chi connectivity index (χ1) is 10.5. The van der Waals surface area contributed by atoms with Gasteiger partial charge in [-0.05, 0) is 33.2 Å². The van der Waals surface area contributed by atoms with E-state index in [1.54, 1.807) is 6.33 Å². The van der Waals surface area contributed by atoms with Gasteiger partial charge in [-0.25, -0.2) is 15.0 Å². The van der Waals surface area contributed by atoms with Crippen LogP contribution in [0.25, 0.3) is 0 Å².